The van der Waals surface area contributed by atoms with E-state index in [1.807, 2.05) is 74.7 Å². The van der Waals surface area contributed by atoms with Gasteiger partial charge in [0.1, 0.15) is 11.5 Å². The number of rotatable bonds is 1. The fourth-order valence-corrected chi connectivity index (χ4v) is 3.75. The molecule has 0 radical (unpaired) electrons. The van der Waals surface area contributed by atoms with Crippen LogP contribution >= 0.6 is 0 Å². The van der Waals surface area contributed by atoms with Crippen LogP contribution < -0.4 is 24.8 Å². The molecule has 1 heterocycles. The number of nitrogens with zero attached hydrogens (tertiary/aromatic N) is 1. The van der Waals surface area contributed by atoms with Crippen LogP contribution in [0.25, 0.3) is 0 Å². The number of benzene rings is 2. The summed E-state index contributed by atoms with van der Waals surface area (Å²) in [5, 5.41) is 19.1. The molecule has 2 aromatic carbocycles. The predicted molar refractivity (Wildman–Crippen MR) is 142 cm³/mol. The van der Waals surface area contributed by atoms with Gasteiger partial charge in [0.25, 0.3) is 0 Å². The van der Waals surface area contributed by atoms with Gasteiger partial charge in [-0.2, -0.15) is 0 Å². The van der Waals surface area contributed by atoms with E-state index in [-0.39, 0.29) is 35.6 Å². The van der Waals surface area contributed by atoms with Crippen molar-refractivity contribution in [2.45, 2.75) is 80.1 Å². The van der Waals surface area contributed by atoms with Crippen LogP contribution in [0, 0.1) is 27.7 Å². The van der Waals surface area contributed by atoms with E-state index in [2.05, 4.69) is 60.4 Å². The van der Waals surface area contributed by atoms with Crippen LogP contribution in [0.1, 0.15) is 80.6 Å². The standard InChI is InChI=1S/2C11H16O.C8H9N.2ClH.Ti/c2*1-8-5-6-10(12)9(7-8)11(2,3)4;1-6-4-5-9-8(3)7(6)2;;;/h2*5-7,12H,1-4H3;3-5H,1-2H3;2*1H;/p-2. The first-order chi connectivity index (χ1) is 15.6. The molecule has 0 bridgehead atoms. The summed E-state index contributed by atoms with van der Waals surface area (Å²) < 4.78 is 2.03. The number of hydrogen-bond donors (Lipinski definition) is 2. The van der Waals surface area contributed by atoms with Gasteiger partial charge in [0.2, 0.25) is 0 Å². The van der Waals surface area contributed by atoms with Gasteiger partial charge in [-0.1, -0.05) is 76.9 Å². The first-order valence-corrected chi connectivity index (χ1v) is 12.5. The normalized spacial score (nSPS) is 10.4. The van der Waals surface area contributed by atoms with Gasteiger partial charge in [-0.15, -0.1) is 0 Å². The quantitative estimate of drug-likeness (QED) is 0.439. The van der Waals surface area contributed by atoms with Gasteiger partial charge in [-0.05, 0) is 47.9 Å². The van der Waals surface area contributed by atoms with Gasteiger partial charge in [-0.25, -0.2) is 0 Å². The van der Waals surface area contributed by atoms with Gasteiger partial charge >= 0.3 is 72.2 Å². The van der Waals surface area contributed by atoms with E-state index in [4.69, 9.17) is 0 Å². The molecule has 0 amide bonds. The molecule has 0 unspecified atom stereocenters. The van der Waals surface area contributed by atoms with Crippen molar-refractivity contribution in [1.82, 2.24) is 4.98 Å². The van der Waals surface area contributed by atoms with E-state index < -0.39 is 0 Å². The van der Waals surface area contributed by atoms with Crippen molar-refractivity contribution in [1.29, 1.82) is 0 Å². The summed E-state index contributed by atoms with van der Waals surface area (Å²) in [5.74, 6) is 0.793. The van der Waals surface area contributed by atoms with E-state index in [9.17, 15) is 10.2 Å². The first kappa shape index (κ1) is 36.5. The number of pyridine rings is 1. The average Bonchev–Trinajstić information content (AvgIpc) is 2.73. The maximum Gasteiger partial charge on any atom is -1.00 e. The van der Waals surface area contributed by atoms with Gasteiger partial charge in [-0.3, -0.25) is 0 Å². The fourth-order valence-electron chi connectivity index (χ4n) is 3.30. The number of aromatic hydroxyl groups is 2. The van der Waals surface area contributed by atoms with Crippen LogP contribution in [0.4, 0.5) is 0 Å². The molecule has 36 heavy (non-hydrogen) atoms. The average molecular weight is 566 g/mol. The smallest absolute Gasteiger partial charge is 1.00 e. The second kappa shape index (κ2) is 15.6. The van der Waals surface area contributed by atoms with Crippen molar-refractivity contribution in [3.63, 3.8) is 0 Å². The monoisotopic (exact) mass is 565 g/mol. The Morgan fingerprint density at radius 1 is 0.694 bits per heavy atom. The van der Waals surface area contributed by atoms with E-state index in [1.54, 1.807) is 12.1 Å². The number of hydrogen-bond acceptors (Lipinski definition) is 3. The van der Waals surface area contributed by atoms with Crippen molar-refractivity contribution in [2.24, 2.45) is 0 Å². The molecule has 0 saturated carbocycles. The van der Waals surface area contributed by atoms with Crippen LogP contribution in [-0.4, -0.2) is 19.5 Å². The Balaban J connectivity index is 0. The molecule has 198 valence electrons. The van der Waals surface area contributed by atoms with E-state index >= 15 is 0 Å². The number of aryl methyl sites for hydroxylation is 3. The van der Waals surface area contributed by atoms with Crippen molar-refractivity contribution in [2.75, 3.05) is 0 Å². The molecule has 0 aliphatic rings. The molecule has 0 aliphatic heterocycles. The van der Waals surface area contributed by atoms with Gasteiger partial charge in [0.15, 0.2) is 0 Å². The summed E-state index contributed by atoms with van der Waals surface area (Å²) in [4.78, 5) is 4.20. The molecule has 3 nitrogen and oxygen atoms in total. The zero-order valence-corrected chi connectivity index (χ0v) is 26.4. The molecule has 2 N–H and O–H groups in total. The minimum atomic E-state index is 0. The molecule has 0 fully saturated rings. The second-order valence-electron chi connectivity index (χ2n) is 10.8. The molecule has 6 heteroatoms. The third-order valence-corrected chi connectivity index (χ3v) is 6.00. The fraction of sp³-hybridized carbons (Fsp3) is 0.400. The van der Waals surface area contributed by atoms with Crippen LogP contribution in [0.15, 0.2) is 48.7 Å². The Kier molecular flexibility index (Phi) is 15.8. The van der Waals surface area contributed by atoms with Crippen LogP contribution in [0.5, 0.6) is 11.5 Å². The largest absolute Gasteiger partial charge is 1.00 e. The maximum atomic E-state index is 9.57. The molecule has 0 aliphatic carbocycles. The van der Waals surface area contributed by atoms with Crippen LogP contribution in [-0.2, 0) is 30.8 Å². The maximum absolute atomic E-state index is 9.57. The number of aromatic nitrogens is 1. The summed E-state index contributed by atoms with van der Waals surface area (Å²) in [6.45, 7) is 20.9. The van der Waals surface area contributed by atoms with E-state index in [0.29, 0.717) is 11.5 Å². The third-order valence-electron chi connectivity index (χ3n) is 5.57. The Labute approximate surface area is 242 Å². The Morgan fingerprint density at radius 2 is 1.08 bits per heavy atom. The molecule has 3 aromatic rings. The molecule has 1 aromatic heterocycles. The van der Waals surface area contributed by atoms with Crippen molar-refractivity contribution < 1.29 is 55.0 Å². The predicted octanol–water partition coefficient (Wildman–Crippen LogP) is 1.40. The summed E-state index contributed by atoms with van der Waals surface area (Å²) >= 11 is 2.01. The van der Waals surface area contributed by atoms with E-state index in [1.165, 1.54) is 22.3 Å². The minimum Gasteiger partial charge on any atom is -1.00 e. The summed E-state index contributed by atoms with van der Waals surface area (Å²) in [6, 6.07) is 13.5. The summed E-state index contributed by atoms with van der Waals surface area (Å²) in [5.41, 5.74) is 8.15. The molecule has 3 rings (SSSR count). The third kappa shape index (κ3) is 11.6. The Bertz CT molecular complexity index is 1060. The second-order valence-corrected chi connectivity index (χ2v) is 11.3. The van der Waals surface area contributed by atoms with Crippen molar-refractivity contribution >= 4 is 4.31 Å². The zero-order valence-electron chi connectivity index (χ0n) is 23.3. The van der Waals surface area contributed by atoms with Crippen LogP contribution in [0.3, 0.4) is 0 Å². The van der Waals surface area contributed by atoms with Crippen molar-refractivity contribution in [3.05, 3.63) is 87.7 Å². The number of phenols is 2. The zero-order chi connectivity index (χ0) is 26.3. The molecular formula is C30H41Cl2NO2Ti-2. The summed E-state index contributed by atoms with van der Waals surface area (Å²) in [6.07, 6.45) is 1.84. The number of halogens is 2. The van der Waals surface area contributed by atoms with Crippen LogP contribution in [0.2, 0.25) is 0 Å². The van der Waals surface area contributed by atoms with Gasteiger partial charge in [0, 0.05) is 0 Å². The summed E-state index contributed by atoms with van der Waals surface area (Å²) in [7, 11) is 0. The van der Waals surface area contributed by atoms with Gasteiger partial charge < -0.3 is 35.0 Å². The molecule has 0 atom stereocenters. The van der Waals surface area contributed by atoms with Gasteiger partial charge in [0.05, 0.1) is 0 Å². The van der Waals surface area contributed by atoms with Crippen molar-refractivity contribution in [3.8, 4) is 11.5 Å². The molecule has 0 saturated heterocycles. The Hall–Kier alpha value is -1.65. The molecular weight excluding hydrogens is 525 g/mol. The molecule has 0 spiro atoms. The number of phenolic OH excluding ortho intramolecular Hbond substituents is 2. The minimum absolute atomic E-state index is 0. The van der Waals surface area contributed by atoms with E-state index in [0.717, 1.165) is 16.8 Å². The SMILES string of the molecule is Cc1ccc(O)c(C(C)(C)C)c1.Cc1ccc(O)c(C(C)(C)C)c1.Cc1ccnc([CH]=[Ti])c1C.[Cl-].[Cl-]. The first-order valence-electron chi connectivity index (χ1n) is 11.6. The topological polar surface area (TPSA) is 53.4 Å². The Morgan fingerprint density at radius 3 is 1.36 bits per heavy atom.